The van der Waals surface area contributed by atoms with Crippen molar-refractivity contribution in [2.75, 3.05) is 24.3 Å². The van der Waals surface area contributed by atoms with Crippen molar-refractivity contribution in [3.63, 3.8) is 0 Å². The molecule has 0 radical (unpaired) electrons. The molecule has 5 nitrogen and oxygen atoms in total. The standard InChI is InChI=1S/C23H37N3O2/c1-15(2)16(3)26(22(28)23(4,5)6)14-18-13-19(11-12-20(18)25(7)8)24-21(27)17-9-10-17/h11-13,15-17H,9-10,14H2,1-8H3,(H,24,27)/t16-/m1/s1. The van der Waals surface area contributed by atoms with Gasteiger partial charge in [-0.1, -0.05) is 34.6 Å². The Morgan fingerprint density at radius 2 is 1.75 bits per heavy atom. The quantitative estimate of drug-likeness (QED) is 0.748. The lowest BCUT2D eigenvalue weighted by molar-refractivity contribution is -0.143. The highest BCUT2D eigenvalue weighted by molar-refractivity contribution is 5.94. The van der Waals surface area contributed by atoms with Gasteiger partial charge in [0.15, 0.2) is 0 Å². The van der Waals surface area contributed by atoms with E-state index in [0.29, 0.717) is 12.5 Å². The molecule has 1 atom stereocenters. The van der Waals surface area contributed by atoms with Gasteiger partial charge in [0, 0.05) is 49.4 Å². The molecule has 1 aliphatic rings. The zero-order valence-electron chi connectivity index (χ0n) is 18.8. The van der Waals surface area contributed by atoms with Crippen LogP contribution in [0.3, 0.4) is 0 Å². The van der Waals surface area contributed by atoms with Crippen LogP contribution in [0, 0.1) is 17.3 Å². The number of hydrogen-bond donors (Lipinski definition) is 1. The van der Waals surface area contributed by atoms with Gasteiger partial charge in [-0.2, -0.15) is 0 Å². The van der Waals surface area contributed by atoms with E-state index in [1.54, 1.807) is 0 Å². The van der Waals surface area contributed by atoms with Crippen molar-refractivity contribution in [2.45, 2.75) is 67.0 Å². The Bertz CT molecular complexity index is 715. The third-order valence-corrected chi connectivity index (χ3v) is 5.48. The lowest BCUT2D eigenvalue weighted by atomic mass is 9.92. The van der Waals surface area contributed by atoms with Crippen LogP contribution in [0.25, 0.3) is 0 Å². The SMILES string of the molecule is CC(C)[C@@H](C)N(Cc1cc(NC(=O)C2CC2)ccc1N(C)C)C(=O)C(C)(C)C. The molecule has 1 aromatic rings. The van der Waals surface area contributed by atoms with E-state index in [1.165, 1.54) is 0 Å². The van der Waals surface area contributed by atoms with Gasteiger partial charge in [0.1, 0.15) is 0 Å². The Balaban J connectivity index is 2.36. The summed E-state index contributed by atoms with van der Waals surface area (Å²) >= 11 is 0. The summed E-state index contributed by atoms with van der Waals surface area (Å²) in [5.74, 6) is 0.760. The second-order valence-corrected chi connectivity index (χ2v) is 9.67. The Kier molecular flexibility index (Phi) is 6.79. The Morgan fingerprint density at radius 1 is 1.14 bits per heavy atom. The third-order valence-electron chi connectivity index (χ3n) is 5.48. The van der Waals surface area contributed by atoms with Crippen molar-refractivity contribution in [2.24, 2.45) is 17.3 Å². The summed E-state index contributed by atoms with van der Waals surface area (Å²) in [5, 5.41) is 3.03. The normalized spacial score (nSPS) is 15.3. The molecule has 0 heterocycles. The summed E-state index contributed by atoms with van der Waals surface area (Å²) in [6, 6.07) is 6.11. The van der Waals surface area contributed by atoms with E-state index in [-0.39, 0.29) is 23.8 Å². The predicted molar refractivity (Wildman–Crippen MR) is 116 cm³/mol. The topological polar surface area (TPSA) is 52.7 Å². The Morgan fingerprint density at radius 3 is 2.21 bits per heavy atom. The van der Waals surface area contributed by atoms with E-state index >= 15 is 0 Å². The summed E-state index contributed by atoms with van der Waals surface area (Å²) in [4.78, 5) is 29.4. The molecule has 0 bridgehead atoms. The van der Waals surface area contributed by atoms with Gasteiger partial charge in [-0.3, -0.25) is 9.59 Å². The minimum atomic E-state index is -0.445. The average molecular weight is 388 g/mol. The number of rotatable bonds is 7. The first-order valence-electron chi connectivity index (χ1n) is 10.3. The van der Waals surface area contributed by atoms with Crippen molar-refractivity contribution in [1.29, 1.82) is 0 Å². The lowest BCUT2D eigenvalue weighted by Gasteiger charge is -2.37. The molecule has 28 heavy (non-hydrogen) atoms. The highest BCUT2D eigenvalue weighted by Gasteiger charge is 2.32. The third kappa shape index (κ3) is 5.49. The van der Waals surface area contributed by atoms with Crippen molar-refractivity contribution >= 4 is 23.2 Å². The van der Waals surface area contributed by atoms with E-state index in [2.05, 4.69) is 31.0 Å². The van der Waals surface area contributed by atoms with Crippen molar-refractivity contribution < 1.29 is 9.59 Å². The lowest BCUT2D eigenvalue weighted by Crippen LogP contribution is -2.46. The minimum Gasteiger partial charge on any atom is -0.377 e. The van der Waals surface area contributed by atoms with E-state index in [1.807, 2.05) is 58.0 Å². The zero-order valence-corrected chi connectivity index (χ0v) is 18.8. The van der Waals surface area contributed by atoms with Gasteiger partial charge in [0.25, 0.3) is 0 Å². The highest BCUT2D eigenvalue weighted by Crippen LogP contribution is 2.32. The fourth-order valence-corrected chi connectivity index (χ4v) is 3.19. The molecule has 1 saturated carbocycles. The maximum Gasteiger partial charge on any atom is 0.228 e. The molecule has 0 aliphatic heterocycles. The molecule has 2 amide bonds. The predicted octanol–water partition coefficient (Wildman–Crippen LogP) is 4.52. The fraction of sp³-hybridized carbons (Fsp3) is 0.652. The first-order valence-corrected chi connectivity index (χ1v) is 10.3. The second-order valence-electron chi connectivity index (χ2n) is 9.67. The number of carbonyl (C=O) groups excluding carboxylic acids is 2. The number of benzene rings is 1. The van der Waals surface area contributed by atoms with Crippen LogP contribution in [0.4, 0.5) is 11.4 Å². The number of hydrogen-bond acceptors (Lipinski definition) is 3. The van der Waals surface area contributed by atoms with Crippen LogP contribution in [-0.4, -0.2) is 36.9 Å². The smallest absolute Gasteiger partial charge is 0.228 e. The summed E-state index contributed by atoms with van der Waals surface area (Å²) < 4.78 is 0. The summed E-state index contributed by atoms with van der Waals surface area (Å²) in [5.41, 5.74) is 2.47. The number of carbonyl (C=O) groups is 2. The monoisotopic (exact) mass is 387 g/mol. The van der Waals surface area contributed by atoms with Crippen LogP contribution in [0.2, 0.25) is 0 Å². The number of amides is 2. The molecule has 156 valence electrons. The van der Waals surface area contributed by atoms with Crippen molar-refractivity contribution in [3.8, 4) is 0 Å². The molecule has 1 aromatic carbocycles. The van der Waals surface area contributed by atoms with Crippen LogP contribution in [0.5, 0.6) is 0 Å². The van der Waals surface area contributed by atoms with Crippen molar-refractivity contribution in [3.05, 3.63) is 23.8 Å². The zero-order chi connectivity index (χ0) is 21.2. The first-order chi connectivity index (χ1) is 12.9. The maximum absolute atomic E-state index is 13.2. The molecule has 0 saturated heterocycles. The summed E-state index contributed by atoms with van der Waals surface area (Å²) in [6.45, 7) is 12.8. The molecule has 2 rings (SSSR count). The summed E-state index contributed by atoms with van der Waals surface area (Å²) in [7, 11) is 4.01. The van der Waals surface area contributed by atoms with Gasteiger partial charge >= 0.3 is 0 Å². The molecular formula is C23H37N3O2. The van der Waals surface area contributed by atoms with Gasteiger partial charge in [0.05, 0.1) is 0 Å². The Labute approximate surface area is 170 Å². The molecule has 0 spiro atoms. The van der Waals surface area contributed by atoms with Crippen LogP contribution < -0.4 is 10.2 Å². The molecule has 1 N–H and O–H groups in total. The Hall–Kier alpha value is -2.04. The first kappa shape index (κ1) is 22.3. The average Bonchev–Trinajstić information content (AvgIpc) is 3.42. The molecular weight excluding hydrogens is 350 g/mol. The van der Waals surface area contributed by atoms with Crippen LogP contribution in [0.15, 0.2) is 18.2 Å². The number of nitrogens with one attached hydrogen (secondary N) is 1. The fourth-order valence-electron chi connectivity index (χ4n) is 3.19. The minimum absolute atomic E-state index is 0.0988. The van der Waals surface area contributed by atoms with Gasteiger partial charge in [-0.15, -0.1) is 0 Å². The second kappa shape index (κ2) is 8.54. The van der Waals surface area contributed by atoms with Crippen LogP contribution >= 0.6 is 0 Å². The molecule has 1 aliphatic carbocycles. The molecule has 0 aromatic heterocycles. The van der Waals surface area contributed by atoms with Gasteiger partial charge in [-0.25, -0.2) is 0 Å². The van der Waals surface area contributed by atoms with Gasteiger partial charge in [-0.05, 0) is 49.4 Å². The molecule has 0 unspecified atom stereocenters. The van der Waals surface area contributed by atoms with E-state index < -0.39 is 5.41 Å². The number of anilines is 2. The maximum atomic E-state index is 13.2. The van der Waals surface area contributed by atoms with Crippen molar-refractivity contribution in [1.82, 2.24) is 4.90 Å². The van der Waals surface area contributed by atoms with Gasteiger partial charge < -0.3 is 15.1 Å². The van der Waals surface area contributed by atoms with Gasteiger partial charge in [0.2, 0.25) is 11.8 Å². The molecule has 5 heteroatoms. The van der Waals surface area contributed by atoms with E-state index in [0.717, 1.165) is 29.8 Å². The highest BCUT2D eigenvalue weighted by atomic mass is 16.2. The van der Waals surface area contributed by atoms with E-state index in [9.17, 15) is 9.59 Å². The van der Waals surface area contributed by atoms with E-state index in [4.69, 9.17) is 0 Å². The number of nitrogens with zero attached hydrogens (tertiary/aromatic N) is 2. The molecule has 1 fully saturated rings. The summed E-state index contributed by atoms with van der Waals surface area (Å²) in [6.07, 6.45) is 1.96. The van der Waals surface area contributed by atoms with Crippen LogP contribution in [0.1, 0.15) is 59.9 Å². The largest absolute Gasteiger partial charge is 0.377 e. The van der Waals surface area contributed by atoms with Crippen LogP contribution in [-0.2, 0) is 16.1 Å².